The number of anilines is 1. The number of rotatable bonds is 6. The molecule has 67 heavy (non-hydrogen) atoms. The second kappa shape index (κ2) is 20.5. The Bertz CT molecular complexity index is 2460. The number of phenolic OH excluding ortho intramolecular Hbond substituents is 3. The molecule has 16 heteroatoms. The first kappa shape index (κ1) is 50.5. The number of hydrogen-bond acceptors (Lipinski definition) is 15. The lowest BCUT2D eigenvalue weighted by Gasteiger charge is -2.43. The highest BCUT2D eigenvalue weighted by Crippen LogP contribution is 2.55. The number of carbonyl (C=O) groups is 3. The third-order valence-corrected chi connectivity index (χ3v) is 13.7. The number of hydrogen-bond donors (Lipinski definition) is 6. The molecule has 362 valence electrons. The van der Waals surface area contributed by atoms with E-state index in [2.05, 4.69) is 36.2 Å². The van der Waals surface area contributed by atoms with Crippen LogP contribution in [0.3, 0.4) is 0 Å². The summed E-state index contributed by atoms with van der Waals surface area (Å²) in [6, 6.07) is 10.3. The molecule has 7 rings (SSSR count). The molecule has 1 fully saturated rings. The number of nitrogens with zero attached hydrogens (tertiary/aromatic N) is 3. The summed E-state index contributed by atoms with van der Waals surface area (Å²) in [7, 11) is 1.44. The number of amides is 1. The van der Waals surface area contributed by atoms with Gasteiger partial charge in [-0.2, -0.15) is 5.10 Å². The zero-order chi connectivity index (χ0) is 49.2. The maximum Gasteiger partial charge on any atom is 0.312 e. The molecular weight excluding hydrogens is 861 g/mol. The van der Waals surface area contributed by atoms with E-state index in [4.69, 9.17) is 24.0 Å². The van der Waals surface area contributed by atoms with Crippen molar-refractivity contribution in [3.63, 3.8) is 0 Å². The molecule has 11 atom stereocenters. The third kappa shape index (κ3) is 10.2. The predicted molar refractivity (Wildman–Crippen MR) is 254 cm³/mol. The number of fused-ring (bicyclic) bond motifs is 14. The molecule has 4 aliphatic heterocycles. The molecule has 3 aromatic rings. The minimum absolute atomic E-state index is 0.0503. The topological polar surface area (TPSA) is 220 Å². The van der Waals surface area contributed by atoms with Gasteiger partial charge in [-0.15, -0.1) is 0 Å². The average Bonchev–Trinajstić information content (AvgIpc) is 3.55. The van der Waals surface area contributed by atoms with Gasteiger partial charge in [0, 0.05) is 79.8 Å². The highest BCUT2D eigenvalue weighted by Gasteiger charge is 2.50. The molecular formula is C51H66N4O12. The number of ketones is 1. The molecule has 2 unspecified atom stereocenters. The van der Waals surface area contributed by atoms with Gasteiger partial charge in [-0.1, -0.05) is 76.3 Å². The predicted octanol–water partition coefficient (Wildman–Crippen LogP) is 6.68. The molecule has 0 radical (unpaired) electrons. The molecule has 5 bridgehead atoms. The number of allylic oxidation sites excluding steroid dienone is 2. The van der Waals surface area contributed by atoms with Crippen molar-refractivity contribution in [2.24, 2.45) is 28.8 Å². The van der Waals surface area contributed by atoms with Gasteiger partial charge in [0.1, 0.15) is 23.4 Å². The van der Waals surface area contributed by atoms with Crippen molar-refractivity contribution in [1.29, 1.82) is 0 Å². The van der Waals surface area contributed by atoms with Crippen molar-refractivity contribution < 1.29 is 58.9 Å². The van der Waals surface area contributed by atoms with Crippen molar-refractivity contribution in [2.45, 2.75) is 118 Å². The van der Waals surface area contributed by atoms with Crippen LogP contribution in [0.4, 0.5) is 5.69 Å². The number of Topliss-reactive ketones (excluding diaryl/α,β-unsaturated/α-hetero) is 1. The van der Waals surface area contributed by atoms with Crippen molar-refractivity contribution >= 4 is 40.3 Å². The highest BCUT2D eigenvalue weighted by molar-refractivity contribution is 6.23. The summed E-state index contributed by atoms with van der Waals surface area (Å²) in [6.45, 7) is 18.5. The van der Waals surface area contributed by atoms with Crippen LogP contribution in [0.15, 0.2) is 71.6 Å². The van der Waals surface area contributed by atoms with Crippen LogP contribution < -0.4 is 10.1 Å². The molecule has 6 N–H and O–H groups in total. The van der Waals surface area contributed by atoms with E-state index in [1.165, 1.54) is 65.0 Å². The normalized spacial score (nSPS) is 31.8. The summed E-state index contributed by atoms with van der Waals surface area (Å²) in [5.74, 6) is -8.45. The van der Waals surface area contributed by atoms with Crippen molar-refractivity contribution in [3.8, 4) is 23.0 Å². The first-order valence-electron chi connectivity index (χ1n) is 22.8. The van der Waals surface area contributed by atoms with Crippen LogP contribution in [-0.4, -0.2) is 122 Å². The van der Waals surface area contributed by atoms with Gasteiger partial charge in [0.2, 0.25) is 0 Å². The van der Waals surface area contributed by atoms with Crippen LogP contribution in [0.25, 0.3) is 10.8 Å². The van der Waals surface area contributed by atoms with Gasteiger partial charge < -0.3 is 49.8 Å². The second-order valence-electron chi connectivity index (χ2n) is 18.6. The van der Waals surface area contributed by atoms with Gasteiger partial charge in [0.25, 0.3) is 11.7 Å². The first-order chi connectivity index (χ1) is 31.6. The second-order valence-corrected chi connectivity index (χ2v) is 18.6. The quantitative estimate of drug-likeness (QED) is 0.0658. The van der Waals surface area contributed by atoms with E-state index in [9.17, 15) is 39.9 Å². The molecule has 0 aromatic heterocycles. The Kier molecular flexibility index (Phi) is 15.5. The van der Waals surface area contributed by atoms with Gasteiger partial charge in [-0.05, 0) is 39.3 Å². The number of methoxy groups -OCH3 is 1. The zero-order valence-corrected chi connectivity index (χ0v) is 40.2. The molecule has 16 nitrogen and oxygen atoms in total. The van der Waals surface area contributed by atoms with Crippen LogP contribution in [-0.2, 0) is 30.3 Å². The number of hydrazone groups is 1. The minimum Gasteiger partial charge on any atom is -0.507 e. The Hall–Kier alpha value is -5.94. The minimum atomic E-state index is -2.06. The Balaban J connectivity index is 1.48. The molecule has 3 aromatic carbocycles. The summed E-state index contributed by atoms with van der Waals surface area (Å²) in [5.41, 5.74) is 0.787. The summed E-state index contributed by atoms with van der Waals surface area (Å²) in [5, 5.41) is 68.0. The van der Waals surface area contributed by atoms with Crippen LogP contribution in [0.5, 0.6) is 23.0 Å². The van der Waals surface area contributed by atoms with E-state index < -0.39 is 88.8 Å². The highest BCUT2D eigenvalue weighted by atomic mass is 16.7. The fourth-order valence-electron chi connectivity index (χ4n) is 9.54. The SMILES string of the molecule is CO[C@H]1/C=C/O[C@@]2(C)Oc3c(C)c(O)c4c(O)c(c(/C=N\N5CC(C)N(Cc6ccccc6)C(C)C5)c(O)c4c3C2=O)NC(=O)/C(C)=C\C=C\[C@@H](C)[C@H](O)[C@@H](C)[C@H](O)[C@@H](C)[C@H](OC(C)=O)[C@@H]1C. The number of ether oxygens (including phenoxy) is 4. The Morgan fingerprint density at radius 1 is 0.910 bits per heavy atom. The number of piperazine rings is 1. The number of nitrogens with one attached hydrogen (secondary N) is 1. The summed E-state index contributed by atoms with van der Waals surface area (Å²) >= 11 is 0. The summed E-state index contributed by atoms with van der Waals surface area (Å²) in [6.07, 6.45) is 4.88. The molecule has 4 aliphatic rings. The Morgan fingerprint density at radius 2 is 1.57 bits per heavy atom. The maximum atomic E-state index is 14.6. The fourth-order valence-corrected chi connectivity index (χ4v) is 9.54. The standard InChI is InChI=1S/C51H66N4O12/c1-26-16-15-17-27(2)50(63)53-41-36(22-52-54-23-28(3)55(29(4)24-54)25-35-18-13-12-14-19-35)45(60)38-39(46(41)61)44(59)33(8)48-40(38)49(62)51(10,67-48)65-21-20-37(64-11)30(5)47(66-34(9)56)32(7)43(58)31(6)42(26)57/h12-22,26,28-32,37,42-43,47,57-61H,23-25H2,1-11H3,(H,53,63)/b16-15+,21-20+,27-17-,52-22-/t26-,28?,29?,30-,31-,32-,37+,42+,43+,47-,51+/m1/s1. The number of benzene rings is 3. The fraction of sp³-hybridized carbons (Fsp3) is 0.490. The zero-order valence-electron chi connectivity index (χ0n) is 40.2. The van der Waals surface area contributed by atoms with Crippen molar-refractivity contribution in [1.82, 2.24) is 9.91 Å². The number of aliphatic hydroxyl groups is 2. The van der Waals surface area contributed by atoms with Gasteiger partial charge in [0.05, 0.1) is 66.1 Å². The van der Waals surface area contributed by atoms with Gasteiger partial charge in [-0.25, -0.2) is 0 Å². The van der Waals surface area contributed by atoms with Crippen molar-refractivity contribution in [2.75, 3.05) is 25.5 Å². The van der Waals surface area contributed by atoms with E-state index in [-0.39, 0.29) is 56.6 Å². The van der Waals surface area contributed by atoms with E-state index >= 15 is 0 Å². The number of phenols is 3. The molecule has 1 amide bonds. The molecule has 0 spiro atoms. The Morgan fingerprint density at radius 3 is 2.19 bits per heavy atom. The summed E-state index contributed by atoms with van der Waals surface area (Å²) < 4.78 is 23.8. The van der Waals surface area contributed by atoms with Crippen LogP contribution in [0.2, 0.25) is 0 Å². The number of aromatic hydroxyl groups is 3. The van der Waals surface area contributed by atoms with Gasteiger partial charge in [0.15, 0.2) is 5.75 Å². The van der Waals surface area contributed by atoms with Crippen LogP contribution in [0, 0.1) is 30.6 Å². The maximum absolute atomic E-state index is 14.6. The monoisotopic (exact) mass is 926 g/mol. The van der Waals surface area contributed by atoms with Crippen LogP contribution >= 0.6 is 0 Å². The first-order valence-corrected chi connectivity index (χ1v) is 22.8. The smallest absolute Gasteiger partial charge is 0.312 e. The van der Waals surface area contributed by atoms with Crippen LogP contribution in [0.1, 0.15) is 89.4 Å². The molecule has 0 saturated carbocycles. The van der Waals surface area contributed by atoms with Gasteiger partial charge in [-0.3, -0.25) is 24.3 Å². The number of esters is 1. The lowest BCUT2D eigenvalue weighted by molar-refractivity contribution is -0.160. The van der Waals surface area contributed by atoms with E-state index in [1.54, 1.807) is 39.8 Å². The van der Waals surface area contributed by atoms with E-state index in [0.29, 0.717) is 13.1 Å². The lowest BCUT2D eigenvalue weighted by Crippen LogP contribution is -2.54. The third-order valence-electron chi connectivity index (χ3n) is 13.7. The molecule has 4 heterocycles. The lowest BCUT2D eigenvalue weighted by atomic mass is 9.78. The van der Waals surface area contributed by atoms with Gasteiger partial charge >= 0.3 is 11.8 Å². The Labute approximate surface area is 392 Å². The largest absolute Gasteiger partial charge is 0.507 e. The average molecular weight is 927 g/mol. The van der Waals surface area contributed by atoms with E-state index in [0.717, 1.165) is 6.54 Å². The van der Waals surface area contributed by atoms with Crippen molar-refractivity contribution in [3.05, 3.63) is 88.7 Å². The summed E-state index contributed by atoms with van der Waals surface area (Å²) in [4.78, 5) is 43.4. The van der Waals surface area contributed by atoms with E-state index in [1.807, 2.05) is 23.2 Å². The molecule has 1 saturated heterocycles. The number of carbonyl (C=O) groups excluding carboxylic acids is 3. The molecule has 0 aliphatic carbocycles. The number of aliphatic hydroxyl groups excluding tert-OH is 2.